The van der Waals surface area contributed by atoms with Crippen molar-refractivity contribution in [2.75, 3.05) is 0 Å². The lowest BCUT2D eigenvalue weighted by molar-refractivity contribution is -0.117. The normalized spacial score (nSPS) is 28.5. The van der Waals surface area contributed by atoms with Gasteiger partial charge in [0.2, 0.25) is 0 Å². The first-order chi connectivity index (χ1) is 4.74. The zero-order valence-electron chi connectivity index (χ0n) is 6.17. The molecule has 1 aliphatic carbocycles. The maximum Gasteiger partial charge on any atom is 0.133 e. The van der Waals surface area contributed by atoms with Gasteiger partial charge in [0.15, 0.2) is 0 Å². The Morgan fingerprint density at radius 3 is 2.80 bits per heavy atom. The maximum atomic E-state index is 10.8. The fraction of sp³-hybridized carbons (Fsp3) is 0.750. The second-order valence-corrected chi connectivity index (χ2v) is 3.04. The van der Waals surface area contributed by atoms with Gasteiger partial charge in [0.1, 0.15) is 12.1 Å². The van der Waals surface area contributed by atoms with Crippen LogP contribution in [0.1, 0.15) is 26.2 Å². The number of hydrogen-bond acceptors (Lipinski definition) is 2. The number of aldehydes is 1. The van der Waals surface area contributed by atoms with Gasteiger partial charge in [-0.25, -0.2) is 0 Å². The number of rotatable bonds is 2. The van der Waals surface area contributed by atoms with Crippen LogP contribution in [0.5, 0.6) is 0 Å². The lowest BCUT2D eigenvalue weighted by Gasteiger charge is -2.09. The van der Waals surface area contributed by atoms with Crippen molar-refractivity contribution in [3.05, 3.63) is 0 Å². The van der Waals surface area contributed by atoms with E-state index in [2.05, 4.69) is 0 Å². The molecule has 1 rings (SSSR count). The van der Waals surface area contributed by atoms with E-state index in [0.29, 0.717) is 24.5 Å². The minimum atomic E-state index is 0.0754. The van der Waals surface area contributed by atoms with Gasteiger partial charge in [0.25, 0.3) is 0 Å². The summed E-state index contributed by atoms with van der Waals surface area (Å²) in [6.45, 7) is 1.89. The van der Waals surface area contributed by atoms with Crippen molar-refractivity contribution in [2.24, 2.45) is 11.8 Å². The third-order valence-electron chi connectivity index (χ3n) is 2.24. The monoisotopic (exact) mass is 140 g/mol. The fourth-order valence-corrected chi connectivity index (χ4v) is 1.40. The van der Waals surface area contributed by atoms with Crippen LogP contribution in [0.25, 0.3) is 0 Å². The van der Waals surface area contributed by atoms with Gasteiger partial charge in [0, 0.05) is 18.8 Å². The Balaban J connectivity index is 2.43. The molecular weight excluding hydrogens is 128 g/mol. The van der Waals surface area contributed by atoms with Crippen LogP contribution in [-0.4, -0.2) is 12.1 Å². The quantitative estimate of drug-likeness (QED) is 0.540. The van der Waals surface area contributed by atoms with E-state index in [9.17, 15) is 9.59 Å². The van der Waals surface area contributed by atoms with Crippen molar-refractivity contribution in [2.45, 2.75) is 26.2 Å². The molecule has 56 valence electrons. The molecule has 1 fully saturated rings. The summed E-state index contributed by atoms with van der Waals surface area (Å²) in [4.78, 5) is 21.0. The molecule has 0 bridgehead atoms. The summed E-state index contributed by atoms with van der Waals surface area (Å²) in [5.41, 5.74) is 0. The Morgan fingerprint density at radius 2 is 2.40 bits per heavy atom. The van der Waals surface area contributed by atoms with Crippen LogP contribution in [-0.2, 0) is 9.59 Å². The van der Waals surface area contributed by atoms with Gasteiger partial charge >= 0.3 is 0 Å². The van der Waals surface area contributed by atoms with E-state index in [0.717, 1.165) is 12.7 Å². The van der Waals surface area contributed by atoms with Crippen LogP contribution in [0.15, 0.2) is 0 Å². The number of Topliss-reactive ketones (excluding diaryl/α,β-unsaturated/α-hetero) is 1. The summed E-state index contributed by atoms with van der Waals surface area (Å²) >= 11 is 0. The highest BCUT2D eigenvalue weighted by atomic mass is 16.1. The van der Waals surface area contributed by atoms with Crippen LogP contribution in [0.4, 0.5) is 0 Å². The fourth-order valence-electron chi connectivity index (χ4n) is 1.40. The third kappa shape index (κ3) is 1.43. The molecule has 0 saturated heterocycles. The van der Waals surface area contributed by atoms with Crippen LogP contribution in [0.3, 0.4) is 0 Å². The molecule has 0 N–H and O–H groups in total. The molecule has 1 aliphatic rings. The van der Waals surface area contributed by atoms with Crippen molar-refractivity contribution in [3.8, 4) is 0 Å². The highest BCUT2D eigenvalue weighted by Crippen LogP contribution is 2.27. The predicted octanol–water partition coefficient (Wildman–Crippen LogP) is 1.19. The van der Waals surface area contributed by atoms with E-state index in [4.69, 9.17) is 0 Å². The average molecular weight is 140 g/mol. The molecule has 0 unspecified atom stereocenters. The molecule has 0 spiro atoms. The molecule has 0 aliphatic heterocycles. The summed E-state index contributed by atoms with van der Waals surface area (Å²) < 4.78 is 0. The van der Waals surface area contributed by atoms with Crippen LogP contribution in [0, 0.1) is 11.8 Å². The lowest BCUT2D eigenvalue weighted by atomic mass is 9.94. The van der Waals surface area contributed by atoms with Crippen LogP contribution in [0.2, 0.25) is 0 Å². The Labute approximate surface area is 60.6 Å². The van der Waals surface area contributed by atoms with Crippen molar-refractivity contribution >= 4 is 12.1 Å². The van der Waals surface area contributed by atoms with Crippen molar-refractivity contribution in [3.63, 3.8) is 0 Å². The number of hydrogen-bond donors (Lipinski definition) is 0. The molecule has 0 aromatic rings. The Hall–Kier alpha value is -0.660. The van der Waals surface area contributed by atoms with Gasteiger partial charge in [-0.05, 0) is 12.3 Å². The topological polar surface area (TPSA) is 34.1 Å². The van der Waals surface area contributed by atoms with Crippen LogP contribution < -0.4 is 0 Å². The second kappa shape index (κ2) is 2.95. The number of carbonyl (C=O) groups excluding carboxylic acids is 2. The van der Waals surface area contributed by atoms with E-state index in [1.54, 1.807) is 0 Å². The van der Waals surface area contributed by atoms with Crippen molar-refractivity contribution in [1.82, 2.24) is 0 Å². The van der Waals surface area contributed by atoms with Gasteiger partial charge < -0.3 is 4.79 Å². The summed E-state index contributed by atoms with van der Waals surface area (Å²) in [6.07, 6.45) is 3.17. The summed E-state index contributed by atoms with van der Waals surface area (Å²) in [6, 6.07) is 0. The largest absolute Gasteiger partial charge is 0.303 e. The Morgan fingerprint density at radius 1 is 1.70 bits per heavy atom. The molecular formula is C8H12O2. The molecule has 10 heavy (non-hydrogen) atoms. The second-order valence-electron chi connectivity index (χ2n) is 3.04. The lowest BCUT2D eigenvalue weighted by Crippen LogP contribution is -2.09. The van der Waals surface area contributed by atoms with Gasteiger partial charge in [-0.15, -0.1) is 0 Å². The van der Waals surface area contributed by atoms with Crippen molar-refractivity contribution in [1.29, 1.82) is 0 Å². The van der Waals surface area contributed by atoms with E-state index in [1.165, 1.54) is 0 Å². The minimum Gasteiger partial charge on any atom is -0.303 e. The number of carbonyl (C=O) groups is 2. The Kier molecular flexibility index (Phi) is 2.20. The first kappa shape index (κ1) is 7.45. The Bertz CT molecular complexity index is 151. The van der Waals surface area contributed by atoms with E-state index in [1.807, 2.05) is 6.92 Å². The van der Waals surface area contributed by atoms with E-state index >= 15 is 0 Å². The molecule has 1 saturated carbocycles. The van der Waals surface area contributed by atoms with Gasteiger partial charge in [0.05, 0.1) is 0 Å². The van der Waals surface area contributed by atoms with Gasteiger partial charge in [-0.3, -0.25) is 4.79 Å². The van der Waals surface area contributed by atoms with Crippen LogP contribution >= 0.6 is 0 Å². The molecule has 0 aromatic carbocycles. The highest BCUT2D eigenvalue weighted by molar-refractivity contribution is 5.81. The first-order valence-electron chi connectivity index (χ1n) is 3.71. The zero-order valence-corrected chi connectivity index (χ0v) is 6.17. The van der Waals surface area contributed by atoms with E-state index in [-0.39, 0.29) is 5.92 Å². The molecule has 0 radical (unpaired) electrons. The zero-order chi connectivity index (χ0) is 7.56. The van der Waals surface area contributed by atoms with Gasteiger partial charge in [-0.1, -0.05) is 6.92 Å². The molecule has 0 heterocycles. The summed E-state index contributed by atoms with van der Waals surface area (Å²) in [5.74, 6) is 0.732. The molecule has 0 aromatic heterocycles. The highest BCUT2D eigenvalue weighted by Gasteiger charge is 2.26. The molecule has 2 nitrogen and oxygen atoms in total. The average Bonchev–Trinajstić information content (AvgIpc) is 2.34. The summed E-state index contributed by atoms with van der Waals surface area (Å²) in [5, 5.41) is 0. The number of ketones is 1. The SMILES string of the molecule is C[C@@H](C=O)[C@@H]1CCC(=O)C1. The molecule has 0 amide bonds. The maximum absolute atomic E-state index is 10.8. The van der Waals surface area contributed by atoms with E-state index < -0.39 is 0 Å². The first-order valence-corrected chi connectivity index (χ1v) is 3.71. The van der Waals surface area contributed by atoms with Gasteiger partial charge in [-0.2, -0.15) is 0 Å². The third-order valence-corrected chi connectivity index (χ3v) is 2.24. The predicted molar refractivity (Wildman–Crippen MR) is 37.6 cm³/mol. The molecule has 2 heteroatoms. The molecule has 2 atom stereocenters. The minimum absolute atomic E-state index is 0.0754. The smallest absolute Gasteiger partial charge is 0.133 e. The standard InChI is InChI=1S/C8H12O2/c1-6(5-9)7-2-3-8(10)4-7/h5-7H,2-4H2,1H3/t6-,7+/m0/s1. The summed E-state index contributed by atoms with van der Waals surface area (Å²) in [7, 11) is 0. The van der Waals surface area contributed by atoms with Crippen molar-refractivity contribution < 1.29 is 9.59 Å².